The molecule has 1 amide bonds. The maximum atomic E-state index is 12.2. The molecule has 1 aromatic rings. The number of anilines is 1. The van der Waals surface area contributed by atoms with Crippen molar-refractivity contribution in [1.29, 1.82) is 0 Å². The molecule has 1 atom stereocenters. The lowest BCUT2D eigenvalue weighted by atomic mass is 9.88. The number of carbonyl (C=O) groups is 1. The lowest BCUT2D eigenvalue weighted by molar-refractivity contribution is -0.121. The summed E-state index contributed by atoms with van der Waals surface area (Å²) >= 11 is 6.29. The zero-order valence-corrected chi connectivity index (χ0v) is 14.9. The van der Waals surface area contributed by atoms with Gasteiger partial charge in [0, 0.05) is 11.6 Å². The minimum absolute atomic E-state index is 0. The van der Waals surface area contributed by atoms with Crippen molar-refractivity contribution in [3.05, 3.63) is 23.2 Å². The van der Waals surface area contributed by atoms with Gasteiger partial charge in [-0.25, -0.2) is 0 Å². The summed E-state index contributed by atoms with van der Waals surface area (Å²) in [4.78, 5) is 12.2. The van der Waals surface area contributed by atoms with Crippen molar-refractivity contribution in [2.45, 2.75) is 38.7 Å². The molecule has 2 N–H and O–H groups in total. The van der Waals surface area contributed by atoms with Crippen LogP contribution < -0.4 is 15.4 Å². The van der Waals surface area contributed by atoms with Crippen molar-refractivity contribution in [3.63, 3.8) is 0 Å². The van der Waals surface area contributed by atoms with Crippen LogP contribution in [0, 0.1) is 11.8 Å². The molecule has 4 nitrogen and oxygen atoms in total. The van der Waals surface area contributed by atoms with E-state index < -0.39 is 0 Å². The highest BCUT2D eigenvalue weighted by Crippen LogP contribution is 2.32. The molecule has 0 bridgehead atoms. The number of nitrogens with one attached hydrogen (secondary N) is 2. The number of benzene rings is 1. The van der Waals surface area contributed by atoms with Crippen LogP contribution in [0.5, 0.6) is 5.75 Å². The van der Waals surface area contributed by atoms with Crippen LogP contribution >= 0.6 is 24.0 Å². The molecule has 2 fully saturated rings. The molecule has 2 aliphatic rings. The fourth-order valence-electron chi connectivity index (χ4n) is 2.99. The number of ether oxygens (including phenoxy) is 1. The summed E-state index contributed by atoms with van der Waals surface area (Å²) in [5.41, 5.74) is 0.730. The van der Waals surface area contributed by atoms with Crippen molar-refractivity contribution in [1.82, 2.24) is 5.32 Å². The number of halogens is 2. The number of amides is 1. The monoisotopic (exact) mass is 358 g/mol. The summed E-state index contributed by atoms with van der Waals surface area (Å²) in [6, 6.07) is 5.49. The first-order valence-electron chi connectivity index (χ1n) is 8.11. The Morgan fingerprint density at radius 1 is 1.35 bits per heavy atom. The van der Waals surface area contributed by atoms with Gasteiger partial charge in [0.05, 0.1) is 11.1 Å². The summed E-state index contributed by atoms with van der Waals surface area (Å²) in [6.45, 7) is 3.81. The third-order valence-corrected chi connectivity index (χ3v) is 5.02. The van der Waals surface area contributed by atoms with Crippen molar-refractivity contribution >= 4 is 35.6 Å². The van der Waals surface area contributed by atoms with Crippen molar-refractivity contribution in [2.75, 3.05) is 18.4 Å². The van der Waals surface area contributed by atoms with E-state index >= 15 is 0 Å². The SMILES string of the molecule is CC(C(=O)Nc1ccc(OC2CCCC2)c(Cl)c1)C1CNC1.Cl. The smallest absolute Gasteiger partial charge is 0.227 e. The first-order valence-corrected chi connectivity index (χ1v) is 8.49. The van der Waals surface area contributed by atoms with Crippen LogP contribution in [0.1, 0.15) is 32.6 Å². The quantitative estimate of drug-likeness (QED) is 0.839. The molecule has 128 valence electrons. The van der Waals surface area contributed by atoms with Crippen LogP contribution in [0.2, 0.25) is 5.02 Å². The molecule has 1 aromatic carbocycles. The summed E-state index contributed by atoms with van der Waals surface area (Å²) in [5.74, 6) is 1.20. The van der Waals surface area contributed by atoms with Gasteiger partial charge < -0.3 is 15.4 Å². The van der Waals surface area contributed by atoms with Crippen LogP contribution in [0.3, 0.4) is 0 Å². The summed E-state index contributed by atoms with van der Waals surface area (Å²) < 4.78 is 5.93. The van der Waals surface area contributed by atoms with E-state index in [1.807, 2.05) is 19.1 Å². The van der Waals surface area contributed by atoms with E-state index in [2.05, 4.69) is 10.6 Å². The summed E-state index contributed by atoms with van der Waals surface area (Å²) in [7, 11) is 0. The van der Waals surface area contributed by atoms with Crippen molar-refractivity contribution in [2.24, 2.45) is 11.8 Å². The van der Waals surface area contributed by atoms with Gasteiger partial charge in [0.15, 0.2) is 0 Å². The van der Waals surface area contributed by atoms with Crippen molar-refractivity contribution in [3.8, 4) is 5.75 Å². The predicted molar refractivity (Wildman–Crippen MR) is 95.7 cm³/mol. The Labute approximate surface area is 148 Å². The number of hydrogen-bond donors (Lipinski definition) is 2. The minimum atomic E-state index is 0. The summed E-state index contributed by atoms with van der Waals surface area (Å²) in [6.07, 6.45) is 4.93. The Morgan fingerprint density at radius 2 is 2.04 bits per heavy atom. The Kier molecular flexibility index (Phi) is 6.57. The van der Waals surface area contributed by atoms with Gasteiger partial charge in [0.1, 0.15) is 5.75 Å². The molecule has 1 aliphatic carbocycles. The van der Waals surface area contributed by atoms with E-state index in [0.29, 0.717) is 16.7 Å². The zero-order valence-electron chi connectivity index (χ0n) is 13.3. The lowest BCUT2D eigenvalue weighted by Crippen LogP contribution is -2.48. The van der Waals surface area contributed by atoms with Crippen LogP contribution in [-0.2, 0) is 4.79 Å². The average Bonchev–Trinajstić information content (AvgIpc) is 2.93. The Morgan fingerprint density at radius 3 is 2.61 bits per heavy atom. The molecule has 1 unspecified atom stereocenters. The second kappa shape index (κ2) is 8.22. The maximum Gasteiger partial charge on any atom is 0.227 e. The number of hydrogen-bond acceptors (Lipinski definition) is 3. The highest BCUT2D eigenvalue weighted by atomic mass is 35.5. The fourth-order valence-corrected chi connectivity index (χ4v) is 3.22. The molecule has 1 heterocycles. The third kappa shape index (κ3) is 4.52. The molecule has 23 heavy (non-hydrogen) atoms. The van der Waals surface area contributed by atoms with E-state index in [-0.39, 0.29) is 30.3 Å². The Balaban J connectivity index is 0.00000192. The molecule has 0 spiro atoms. The van der Waals surface area contributed by atoms with Crippen LogP contribution in [-0.4, -0.2) is 25.1 Å². The van der Waals surface area contributed by atoms with Gasteiger partial charge in [0.2, 0.25) is 5.91 Å². The van der Waals surface area contributed by atoms with Gasteiger partial charge in [-0.05, 0) is 62.9 Å². The molecule has 3 rings (SSSR count). The highest BCUT2D eigenvalue weighted by Gasteiger charge is 2.28. The van der Waals surface area contributed by atoms with E-state index in [1.165, 1.54) is 12.8 Å². The first kappa shape index (κ1) is 18.4. The van der Waals surface area contributed by atoms with E-state index in [0.717, 1.165) is 31.6 Å². The standard InChI is InChI=1S/C17H23ClN2O2.ClH/c1-11(12-9-19-10-12)17(21)20-13-6-7-16(15(18)8-13)22-14-4-2-3-5-14;/h6-8,11-12,14,19H,2-5,9-10H2,1H3,(H,20,21);1H. The third-order valence-electron chi connectivity index (χ3n) is 4.73. The fraction of sp³-hybridized carbons (Fsp3) is 0.588. The average molecular weight is 359 g/mol. The Hall–Kier alpha value is -0.970. The molecular formula is C17H24Cl2N2O2. The van der Waals surface area contributed by atoms with Gasteiger partial charge in [-0.1, -0.05) is 18.5 Å². The van der Waals surface area contributed by atoms with Gasteiger partial charge in [-0.15, -0.1) is 12.4 Å². The maximum absolute atomic E-state index is 12.2. The second-order valence-electron chi connectivity index (χ2n) is 6.37. The topological polar surface area (TPSA) is 50.4 Å². The van der Waals surface area contributed by atoms with Gasteiger partial charge in [0.25, 0.3) is 0 Å². The molecule has 1 saturated heterocycles. The molecule has 1 saturated carbocycles. The molecule has 0 aromatic heterocycles. The van der Waals surface area contributed by atoms with E-state index in [9.17, 15) is 4.79 Å². The van der Waals surface area contributed by atoms with Crippen LogP contribution in [0.15, 0.2) is 18.2 Å². The Bertz CT molecular complexity index is 543. The second-order valence-corrected chi connectivity index (χ2v) is 6.77. The van der Waals surface area contributed by atoms with E-state index in [4.69, 9.17) is 16.3 Å². The van der Waals surface area contributed by atoms with Gasteiger partial charge in [-0.2, -0.15) is 0 Å². The van der Waals surface area contributed by atoms with Crippen LogP contribution in [0.25, 0.3) is 0 Å². The lowest BCUT2D eigenvalue weighted by Gasteiger charge is -2.31. The highest BCUT2D eigenvalue weighted by molar-refractivity contribution is 6.32. The van der Waals surface area contributed by atoms with Gasteiger partial charge >= 0.3 is 0 Å². The number of rotatable bonds is 5. The first-order chi connectivity index (χ1) is 10.6. The number of carbonyl (C=O) groups excluding carboxylic acids is 1. The molecule has 6 heteroatoms. The normalized spacial score (nSPS) is 19.6. The summed E-state index contributed by atoms with van der Waals surface area (Å²) in [5, 5.41) is 6.70. The predicted octanol–water partition coefficient (Wildman–Crippen LogP) is 3.88. The molecule has 1 aliphatic heterocycles. The minimum Gasteiger partial charge on any atom is -0.489 e. The zero-order chi connectivity index (χ0) is 15.5. The van der Waals surface area contributed by atoms with Crippen LogP contribution in [0.4, 0.5) is 5.69 Å². The largest absolute Gasteiger partial charge is 0.489 e. The molecular weight excluding hydrogens is 335 g/mol. The van der Waals surface area contributed by atoms with E-state index in [1.54, 1.807) is 6.07 Å². The van der Waals surface area contributed by atoms with Crippen molar-refractivity contribution < 1.29 is 9.53 Å². The molecule has 0 radical (unpaired) electrons. The van der Waals surface area contributed by atoms with Gasteiger partial charge in [-0.3, -0.25) is 4.79 Å².